The van der Waals surface area contributed by atoms with E-state index in [0.717, 1.165) is 16.6 Å². The van der Waals surface area contributed by atoms with Crippen LogP contribution in [0, 0.1) is 0 Å². The van der Waals surface area contributed by atoms with Gasteiger partial charge < -0.3 is 10.3 Å². The molecule has 6 nitrogen and oxygen atoms in total. The standard InChI is InChI=1S/C29H31FN4O2/c30-27(33-17-15-23(16-18-33)34-26-14-8-7-13-24(26)32-29(34)36)19-25(28(35)22-11-5-2-6-12-22)31-20-21-9-3-1-4-10-21/h1-14,23,25,27,31H,15-20H2,(H,32,36). The fourth-order valence-corrected chi connectivity index (χ4v) is 5.13. The highest BCUT2D eigenvalue weighted by atomic mass is 19.1. The average molecular weight is 487 g/mol. The number of carbonyl (C=O) groups excluding carboxylic acids is 1. The van der Waals surface area contributed by atoms with Crippen LogP contribution in [0.25, 0.3) is 11.0 Å². The van der Waals surface area contributed by atoms with Gasteiger partial charge in [-0.1, -0.05) is 72.8 Å². The van der Waals surface area contributed by atoms with Crippen LogP contribution in [0.4, 0.5) is 4.39 Å². The summed E-state index contributed by atoms with van der Waals surface area (Å²) in [6.07, 6.45) is 0.165. The molecule has 0 saturated carbocycles. The van der Waals surface area contributed by atoms with Crippen molar-refractivity contribution in [1.82, 2.24) is 19.8 Å². The van der Waals surface area contributed by atoms with Gasteiger partial charge in [0.25, 0.3) is 0 Å². The number of rotatable bonds is 9. The van der Waals surface area contributed by atoms with E-state index in [1.807, 2.05) is 77.4 Å². The predicted molar refractivity (Wildman–Crippen MR) is 140 cm³/mol. The van der Waals surface area contributed by atoms with Crippen molar-refractivity contribution in [3.63, 3.8) is 0 Å². The topological polar surface area (TPSA) is 70.1 Å². The molecular weight excluding hydrogens is 455 g/mol. The van der Waals surface area contributed by atoms with Crippen LogP contribution in [0.2, 0.25) is 0 Å². The number of benzene rings is 3. The summed E-state index contributed by atoms with van der Waals surface area (Å²) in [6.45, 7) is 1.55. The molecule has 0 aliphatic carbocycles. The molecule has 7 heteroatoms. The van der Waals surface area contributed by atoms with Gasteiger partial charge in [0.05, 0.1) is 17.1 Å². The second kappa shape index (κ2) is 11.0. The lowest BCUT2D eigenvalue weighted by molar-refractivity contribution is 0.0359. The maximum atomic E-state index is 15.6. The molecule has 1 aliphatic rings. The zero-order valence-electron chi connectivity index (χ0n) is 20.1. The molecule has 1 saturated heterocycles. The van der Waals surface area contributed by atoms with Crippen LogP contribution in [0.15, 0.2) is 89.7 Å². The SMILES string of the molecule is O=C(c1ccccc1)C(CC(F)N1CCC(n2c(=O)[nH]c3ccccc32)CC1)NCc1ccccc1. The van der Waals surface area contributed by atoms with Crippen molar-refractivity contribution in [3.8, 4) is 0 Å². The van der Waals surface area contributed by atoms with Crippen molar-refractivity contribution < 1.29 is 9.18 Å². The van der Waals surface area contributed by atoms with Gasteiger partial charge in [-0.05, 0) is 30.5 Å². The second-order valence-electron chi connectivity index (χ2n) is 9.40. The third-order valence-electron chi connectivity index (χ3n) is 7.08. The number of imidazole rings is 1. The van der Waals surface area contributed by atoms with E-state index in [0.29, 0.717) is 38.0 Å². The van der Waals surface area contributed by atoms with Gasteiger partial charge in [-0.15, -0.1) is 0 Å². The summed E-state index contributed by atoms with van der Waals surface area (Å²) in [6, 6.07) is 25.9. The van der Waals surface area contributed by atoms with E-state index in [4.69, 9.17) is 0 Å². The summed E-state index contributed by atoms with van der Waals surface area (Å²) in [7, 11) is 0. The van der Waals surface area contributed by atoms with E-state index in [2.05, 4.69) is 10.3 Å². The van der Waals surface area contributed by atoms with E-state index in [1.165, 1.54) is 0 Å². The number of nitrogens with zero attached hydrogens (tertiary/aromatic N) is 2. The summed E-state index contributed by atoms with van der Waals surface area (Å²) in [5.74, 6) is -0.102. The fraction of sp³-hybridized carbons (Fsp3) is 0.310. The van der Waals surface area contributed by atoms with Crippen LogP contribution < -0.4 is 11.0 Å². The minimum atomic E-state index is -1.26. The number of likely N-dealkylation sites (tertiary alicyclic amines) is 1. The lowest BCUT2D eigenvalue weighted by Gasteiger charge is -2.35. The highest BCUT2D eigenvalue weighted by molar-refractivity contribution is 6.00. The number of fused-ring (bicyclic) bond motifs is 1. The fourth-order valence-electron chi connectivity index (χ4n) is 5.13. The van der Waals surface area contributed by atoms with Crippen molar-refractivity contribution in [2.75, 3.05) is 13.1 Å². The smallest absolute Gasteiger partial charge is 0.306 e. The van der Waals surface area contributed by atoms with Crippen LogP contribution in [0.3, 0.4) is 0 Å². The van der Waals surface area contributed by atoms with E-state index in [-0.39, 0.29) is 23.9 Å². The Morgan fingerprint density at radius 1 is 0.944 bits per heavy atom. The first-order chi connectivity index (χ1) is 17.6. The Morgan fingerprint density at radius 2 is 1.58 bits per heavy atom. The molecule has 0 spiro atoms. The zero-order valence-corrected chi connectivity index (χ0v) is 20.1. The van der Waals surface area contributed by atoms with Crippen LogP contribution >= 0.6 is 0 Å². The summed E-state index contributed by atoms with van der Waals surface area (Å²) in [4.78, 5) is 30.5. The van der Waals surface area contributed by atoms with Gasteiger partial charge in [0.1, 0.15) is 0 Å². The molecule has 3 aromatic carbocycles. The third kappa shape index (κ3) is 5.32. The first kappa shape index (κ1) is 24.2. The zero-order chi connectivity index (χ0) is 24.9. The molecule has 0 amide bonds. The van der Waals surface area contributed by atoms with E-state index in [9.17, 15) is 9.59 Å². The lowest BCUT2D eigenvalue weighted by Crippen LogP contribution is -2.46. The minimum absolute atomic E-state index is 0.0232. The van der Waals surface area contributed by atoms with E-state index < -0.39 is 12.3 Å². The number of ketones is 1. The quantitative estimate of drug-likeness (QED) is 0.266. The second-order valence-corrected chi connectivity index (χ2v) is 9.40. The van der Waals surface area contributed by atoms with E-state index >= 15 is 4.39 Å². The molecule has 4 aromatic rings. The predicted octanol–water partition coefficient (Wildman–Crippen LogP) is 4.69. The Labute approximate surface area is 209 Å². The largest absolute Gasteiger partial charge is 0.326 e. The molecule has 1 aliphatic heterocycles. The number of piperidine rings is 1. The van der Waals surface area contributed by atoms with Gasteiger partial charge in [-0.25, -0.2) is 9.18 Å². The Balaban J connectivity index is 1.25. The molecule has 2 unspecified atom stereocenters. The Bertz CT molecular complexity index is 1340. The molecule has 2 heterocycles. The molecule has 1 fully saturated rings. The minimum Gasteiger partial charge on any atom is -0.306 e. The molecule has 36 heavy (non-hydrogen) atoms. The molecule has 5 rings (SSSR count). The number of aromatic nitrogens is 2. The van der Waals surface area contributed by atoms with Crippen molar-refractivity contribution in [3.05, 3.63) is 107 Å². The van der Waals surface area contributed by atoms with Crippen LogP contribution in [-0.4, -0.2) is 45.7 Å². The van der Waals surface area contributed by atoms with Gasteiger partial charge in [0.15, 0.2) is 12.1 Å². The normalized spacial score (nSPS) is 16.7. The average Bonchev–Trinajstić information content (AvgIpc) is 3.27. The summed E-state index contributed by atoms with van der Waals surface area (Å²) in [5.41, 5.74) is 3.21. The van der Waals surface area contributed by atoms with E-state index in [1.54, 1.807) is 17.0 Å². The number of aromatic amines is 1. The van der Waals surface area contributed by atoms with Gasteiger partial charge >= 0.3 is 5.69 Å². The highest BCUT2D eigenvalue weighted by Crippen LogP contribution is 2.27. The number of halogens is 1. The van der Waals surface area contributed by atoms with Crippen LogP contribution in [0.1, 0.15) is 41.2 Å². The number of alkyl halides is 1. The number of Topliss-reactive ketones (excluding diaryl/α,β-unsaturated/α-hetero) is 1. The van der Waals surface area contributed by atoms with Gasteiger partial charge in [0, 0.05) is 37.7 Å². The number of carbonyl (C=O) groups is 1. The molecule has 0 radical (unpaired) electrons. The van der Waals surface area contributed by atoms with Gasteiger partial charge in [-0.2, -0.15) is 0 Å². The Hall–Kier alpha value is -3.55. The summed E-state index contributed by atoms with van der Waals surface area (Å²) < 4.78 is 17.4. The highest BCUT2D eigenvalue weighted by Gasteiger charge is 2.31. The van der Waals surface area contributed by atoms with Crippen molar-refractivity contribution >= 4 is 16.8 Å². The maximum absolute atomic E-state index is 15.6. The number of nitrogens with one attached hydrogen (secondary N) is 2. The monoisotopic (exact) mass is 486 g/mol. The Morgan fingerprint density at radius 3 is 2.31 bits per heavy atom. The molecule has 186 valence electrons. The third-order valence-corrected chi connectivity index (χ3v) is 7.08. The number of hydrogen-bond donors (Lipinski definition) is 2. The van der Waals surface area contributed by atoms with Crippen molar-refractivity contribution in [2.24, 2.45) is 0 Å². The number of H-pyrrole nitrogens is 1. The molecular formula is C29H31FN4O2. The van der Waals surface area contributed by atoms with Gasteiger partial charge in [0.2, 0.25) is 0 Å². The van der Waals surface area contributed by atoms with Gasteiger partial charge in [-0.3, -0.25) is 14.3 Å². The maximum Gasteiger partial charge on any atom is 0.326 e. The number of hydrogen-bond acceptors (Lipinski definition) is 4. The molecule has 2 atom stereocenters. The van der Waals surface area contributed by atoms with Crippen LogP contribution in [-0.2, 0) is 6.54 Å². The first-order valence-corrected chi connectivity index (χ1v) is 12.5. The lowest BCUT2D eigenvalue weighted by atomic mass is 9.99. The molecule has 2 N–H and O–H groups in total. The van der Waals surface area contributed by atoms with Crippen LogP contribution in [0.5, 0.6) is 0 Å². The molecule has 1 aromatic heterocycles. The summed E-state index contributed by atoms with van der Waals surface area (Å²) >= 11 is 0. The first-order valence-electron chi connectivity index (χ1n) is 12.5. The Kier molecular flexibility index (Phi) is 7.39. The summed E-state index contributed by atoms with van der Waals surface area (Å²) in [5, 5.41) is 3.30. The molecule has 0 bridgehead atoms. The number of para-hydroxylation sites is 2. The van der Waals surface area contributed by atoms with Crippen molar-refractivity contribution in [1.29, 1.82) is 0 Å². The van der Waals surface area contributed by atoms with Crippen molar-refractivity contribution in [2.45, 2.75) is 44.2 Å².